The maximum atomic E-state index is 11.8. The van der Waals surface area contributed by atoms with E-state index in [1.54, 1.807) is 24.4 Å². The lowest BCUT2D eigenvalue weighted by Crippen LogP contribution is -2.37. The molecule has 19 heavy (non-hydrogen) atoms. The van der Waals surface area contributed by atoms with Crippen LogP contribution < -0.4 is 5.32 Å². The van der Waals surface area contributed by atoms with Crippen molar-refractivity contribution in [2.45, 2.75) is 19.4 Å². The summed E-state index contributed by atoms with van der Waals surface area (Å²) in [6.07, 6.45) is 2.22. The molecule has 100 valence electrons. The molecule has 2 aromatic rings. The fraction of sp³-hybridized carbons (Fsp3) is 0.333. The second-order valence-electron chi connectivity index (χ2n) is 3.90. The summed E-state index contributed by atoms with van der Waals surface area (Å²) in [4.78, 5) is 19.8. The summed E-state index contributed by atoms with van der Waals surface area (Å²) < 4.78 is 4.88. The van der Waals surface area contributed by atoms with Crippen LogP contribution in [0.4, 0.5) is 0 Å². The number of pyridine rings is 1. The van der Waals surface area contributed by atoms with Crippen molar-refractivity contribution >= 4 is 5.91 Å². The lowest BCUT2D eigenvalue weighted by Gasteiger charge is -2.11. The number of amides is 1. The highest BCUT2D eigenvalue weighted by atomic mass is 16.5. The number of aliphatic hydroxyl groups excluding tert-OH is 1. The van der Waals surface area contributed by atoms with Crippen molar-refractivity contribution in [3.63, 3.8) is 0 Å². The first-order chi connectivity index (χ1) is 9.24. The molecule has 7 nitrogen and oxygen atoms in total. The molecule has 0 radical (unpaired) electrons. The third-order valence-corrected chi connectivity index (χ3v) is 2.56. The molecule has 0 fully saturated rings. The fourth-order valence-corrected chi connectivity index (χ4v) is 1.44. The molecule has 2 heterocycles. The maximum Gasteiger partial charge on any atom is 0.316 e. The Morgan fingerprint density at radius 1 is 1.53 bits per heavy atom. The lowest BCUT2D eigenvalue weighted by atomic mass is 10.2. The van der Waals surface area contributed by atoms with Gasteiger partial charge in [-0.15, -0.1) is 0 Å². The summed E-state index contributed by atoms with van der Waals surface area (Å²) in [5.41, 5.74) is 0.527. The molecule has 2 N–H and O–H groups in total. The predicted octanol–water partition coefficient (Wildman–Crippen LogP) is 0.632. The van der Waals surface area contributed by atoms with Crippen LogP contribution in [0.5, 0.6) is 0 Å². The van der Waals surface area contributed by atoms with E-state index in [1.165, 1.54) is 0 Å². The highest BCUT2D eigenvalue weighted by Crippen LogP contribution is 2.11. The molecule has 1 atom stereocenters. The van der Waals surface area contributed by atoms with Crippen LogP contribution in [0.25, 0.3) is 11.5 Å². The van der Waals surface area contributed by atoms with E-state index < -0.39 is 5.91 Å². The Morgan fingerprint density at radius 3 is 3.00 bits per heavy atom. The molecule has 0 bridgehead atoms. The van der Waals surface area contributed by atoms with E-state index in [0.29, 0.717) is 12.1 Å². The first-order valence-corrected chi connectivity index (χ1v) is 5.91. The number of rotatable bonds is 5. The second-order valence-corrected chi connectivity index (χ2v) is 3.90. The summed E-state index contributed by atoms with van der Waals surface area (Å²) in [7, 11) is 0. The lowest BCUT2D eigenvalue weighted by molar-refractivity contribution is 0.0870. The number of carbonyl (C=O) groups is 1. The summed E-state index contributed by atoms with van der Waals surface area (Å²) in [5, 5.41) is 15.3. The Morgan fingerprint density at radius 2 is 2.37 bits per heavy atom. The Kier molecular flexibility index (Phi) is 4.19. The number of aromatic nitrogens is 3. The molecule has 0 aliphatic heterocycles. The monoisotopic (exact) mass is 262 g/mol. The standard InChI is InChI=1S/C12H14N4O3/c1-2-8(7-17)14-11(18)12-15-10(16-19-12)9-5-3-4-6-13-9/h3-6,8,17H,2,7H2,1H3,(H,14,18). The molecule has 0 saturated carbocycles. The molecule has 2 aromatic heterocycles. The largest absolute Gasteiger partial charge is 0.394 e. The summed E-state index contributed by atoms with van der Waals surface area (Å²) in [6, 6.07) is 4.95. The second kappa shape index (κ2) is 6.05. The summed E-state index contributed by atoms with van der Waals surface area (Å²) in [6.45, 7) is 1.72. The Bertz CT molecular complexity index is 537. The van der Waals surface area contributed by atoms with Gasteiger partial charge in [0.1, 0.15) is 5.69 Å². The van der Waals surface area contributed by atoms with Gasteiger partial charge < -0.3 is 14.9 Å². The maximum absolute atomic E-state index is 11.8. The summed E-state index contributed by atoms with van der Waals surface area (Å²) in [5.74, 6) is -0.397. The Hall–Kier alpha value is -2.28. The van der Waals surface area contributed by atoms with E-state index in [9.17, 15) is 4.79 Å². The Labute approximate surface area is 109 Å². The van der Waals surface area contributed by atoms with Gasteiger partial charge in [0, 0.05) is 6.20 Å². The van der Waals surface area contributed by atoms with Gasteiger partial charge in [0.25, 0.3) is 0 Å². The van der Waals surface area contributed by atoms with Gasteiger partial charge in [-0.2, -0.15) is 4.98 Å². The number of nitrogens with one attached hydrogen (secondary N) is 1. The zero-order chi connectivity index (χ0) is 13.7. The molecule has 1 unspecified atom stereocenters. The van der Waals surface area contributed by atoms with Crippen molar-refractivity contribution in [1.82, 2.24) is 20.4 Å². The molecule has 7 heteroatoms. The SMILES string of the molecule is CCC(CO)NC(=O)c1nc(-c2ccccn2)no1. The van der Waals surface area contributed by atoms with E-state index in [-0.39, 0.29) is 24.4 Å². The molecule has 0 aliphatic rings. The van der Waals surface area contributed by atoms with Crippen molar-refractivity contribution in [3.05, 3.63) is 30.3 Å². The van der Waals surface area contributed by atoms with Gasteiger partial charge in [-0.25, -0.2) is 0 Å². The minimum atomic E-state index is -0.504. The molecule has 2 rings (SSSR count). The third kappa shape index (κ3) is 3.14. The van der Waals surface area contributed by atoms with Crippen molar-refractivity contribution in [3.8, 4) is 11.5 Å². The molecule has 0 spiro atoms. The summed E-state index contributed by atoms with van der Waals surface area (Å²) >= 11 is 0. The van der Waals surface area contributed by atoms with Gasteiger partial charge in [-0.05, 0) is 18.6 Å². The van der Waals surface area contributed by atoms with E-state index in [1.807, 2.05) is 6.92 Å². The number of hydrogen-bond acceptors (Lipinski definition) is 6. The van der Waals surface area contributed by atoms with Gasteiger partial charge >= 0.3 is 11.8 Å². The fourth-order valence-electron chi connectivity index (χ4n) is 1.44. The van der Waals surface area contributed by atoms with Gasteiger partial charge in [0.2, 0.25) is 5.82 Å². The van der Waals surface area contributed by atoms with Crippen LogP contribution in [-0.4, -0.2) is 38.8 Å². The first kappa shape index (κ1) is 13.2. The molecule has 1 amide bonds. The average Bonchev–Trinajstić information content (AvgIpc) is 2.95. The van der Waals surface area contributed by atoms with Crippen molar-refractivity contribution in [2.75, 3.05) is 6.61 Å². The smallest absolute Gasteiger partial charge is 0.316 e. The van der Waals surface area contributed by atoms with E-state index in [0.717, 1.165) is 0 Å². The van der Waals surface area contributed by atoms with Crippen LogP contribution in [0, 0.1) is 0 Å². The average molecular weight is 262 g/mol. The van der Waals surface area contributed by atoms with Crippen LogP contribution in [-0.2, 0) is 0 Å². The zero-order valence-electron chi connectivity index (χ0n) is 10.4. The van der Waals surface area contributed by atoms with Gasteiger partial charge in [0.05, 0.1) is 12.6 Å². The topological polar surface area (TPSA) is 101 Å². The number of aliphatic hydroxyl groups is 1. The first-order valence-electron chi connectivity index (χ1n) is 5.91. The van der Waals surface area contributed by atoms with Crippen LogP contribution in [0.3, 0.4) is 0 Å². The van der Waals surface area contributed by atoms with E-state index in [4.69, 9.17) is 9.63 Å². The molecule has 0 aromatic carbocycles. The Balaban J connectivity index is 2.11. The predicted molar refractivity (Wildman–Crippen MR) is 66.2 cm³/mol. The van der Waals surface area contributed by atoms with Crippen LogP contribution in [0.1, 0.15) is 24.0 Å². The van der Waals surface area contributed by atoms with Crippen LogP contribution in [0.15, 0.2) is 28.9 Å². The number of carbonyl (C=O) groups excluding carboxylic acids is 1. The number of nitrogens with zero attached hydrogens (tertiary/aromatic N) is 3. The highest BCUT2D eigenvalue weighted by Gasteiger charge is 2.18. The van der Waals surface area contributed by atoms with E-state index in [2.05, 4.69) is 20.4 Å². The van der Waals surface area contributed by atoms with Crippen molar-refractivity contribution < 1.29 is 14.4 Å². The third-order valence-electron chi connectivity index (χ3n) is 2.56. The number of hydrogen-bond donors (Lipinski definition) is 2. The molecular formula is C12H14N4O3. The van der Waals surface area contributed by atoms with E-state index >= 15 is 0 Å². The van der Waals surface area contributed by atoms with Crippen molar-refractivity contribution in [2.24, 2.45) is 0 Å². The van der Waals surface area contributed by atoms with Gasteiger partial charge in [-0.3, -0.25) is 9.78 Å². The molecular weight excluding hydrogens is 248 g/mol. The quantitative estimate of drug-likeness (QED) is 0.819. The molecule has 0 saturated heterocycles. The minimum absolute atomic E-state index is 0.135. The van der Waals surface area contributed by atoms with Gasteiger partial charge in [0.15, 0.2) is 0 Å². The highest BCUT2D eigenvalue weighted by molar-refractivity contribution is 5.90. The molecule has 0 aliphatic carbocycles. The zero-order valence-corrected chi connectivity index (χ0v) is 10.4. The van der Waals surface area contributed by atoms with Crippen LogP contribution >= 0.6 is 0 Å². The van der Waals surface area contributed by atoms with Crippen LogP contribution in [0.2, 0.25) is 0 Å². The van der Waals surface area contributed by atoms with Crippen molar-refractivity contribution in [1.29, 1.82) is 0 Å². The minimum Gasteiger partial charge on any atom is -0.394 e. The normalized spacial score (nSPS) is 12.1. The van der Waals surface area contributed by atoms with Gasteiger partial charge in [-0.1, -0.05) is 18.1 Å².